The lowest BCUT2D eigenvalue weighted by Gasteiger charge is -2.35. The largest absolute Gasteiger partial charge is 0.340 e. The van der Waals surface area contributed by atoms with Gasteiger partial charge in [0.05, 0.1) is 0 Å². The molecule has 2 heteroatoms. The Hall–Kier alpha value is -0.530. The first kappa shape index (κ1) is 8.57. The van der Waals surface area contributed by atoms with Gasteiger partial charge in [-0.25, -0.2) is 0 Å². The molecule has 1 aliphatic heterocycles. The Bertz CT molecular complexity index is 156. The van der Waals surface area contributed by atoms with Crippen molar-refractivity contribution in [3.63, 3.8) is 0 Å². The summed E-state index contributed by atoms with van der Waals surface area (Å²) in [5.41, 5.74) is 0. The van der Waals surface area contributed by atoms with Gasteiger partial charge in [0.15, 0.2) is 0 Å². The van der Waals surface area contributed by atoms with E-state index in [0.29, 0.717) is 6.04 Å². The van der Waals surface area contributed by atoms with Crippen LogP contribution in [0.25, 0.3) is 0 Å². The molecule has 1 heterocycles. The van der Waals surface area contributed by atoms with Gasteiger partial charge in [-0.15, -0.1) is 0 Å². The molecule has 0 unspecified atom stereocenters. The zero-order chi connectivity index (χ0) is 8.43. The first-order valence-corrected chi connectivity index (χ1v) is 4.38. The van der Waals surface area contributed by atoms with Gasteiger partial charge in [-0.2, -0.15) is 0 Å². The van der Waals surface area contributed by atoms with Gasteiger partial charge in [0.2, 0.25) is 5.91 Å². The highest BCUT2D eigenvalue weighted by atomic mass is 16.2. The quantitative estimate of drug-likeness (QED) is 0.521. The smallest absolute Gasteiger partial charge is 0.219 e. The van der Waals surface area contributed by atoms with Gasteiger partial charge in [0.25, 0.3) is 0 Å². The molecule has 0 aromatic rings. The topological polar surface area (TPSA) is 20.3 Å². The highest BCUT2D eigenvalue weighted by Crippen LogP contribution is 2.21. The van der Waals surface area contributed by atoms with Gasteiger partial charge >= 0.3 is 0 Å². The molecular formula is C9H17NO. The third kappa shape index (κ3) is 1.95. The molecule has 0 radical (unpaired) electrons. The zero-order valence-corrected chi connectivity index (χ0v) is 7.63. The summed E-state index contributed by atoms with van der Waals surface area (Å²) in [6.45, 7) is 7.01. The van der Waals surface area contributed by atoms with E-state index in [1.165, 1.54) is 12.8 Å². The van der Waals surface area contributed by atoms with Crippen molar-refractivity contribution in [3.05, 3.63) is 0 Å². The Morgan fingerprint density at radius 1 is 1.45 bits per heavy atom. The summed E-state index contributed by atoms with van der Waals surface area (Å²) < 4.78 is 0. The maximum absolute atomic E-state index is 11.0. The molecule has 0 aliphatic carbocycles. The third-order valence-electron chi connectivity index (χ3n) is 2.54. The number of carbonyl (C=O) groups excluding carboxylic acids is 1. The maximum atomic E-state index is 11.0. The fourth-order valence-corrected chi connectivity index (χ4v) is 1.88. The number of nitrogens with zero attached hydrogens (tertiary/aromatic N) is 1. The number of hydrogen-bond acceptors (Lipinski definition) is 1. The van der Waals surface area contributed by atoms with Crippen LogP contribution in [0.2, 0.25) is 0 Å². The van der Waals surface area contributed by atoms with Crippen LogP contribution in [0.4, 0.5) is 0 Å². The molecule has 1 fully saturated rings. The van der Waals surface area contributed by atoms with E-state index in [2.05, 4.69) is 13.8 Å². The Kier molecular flexibility index (Phi) is 2.53. The molecule has 2 atom stereocenters. The van der Waals surface area contributed by atoms with Crippen LogP contribution in [-0.4, -0.2) is 23.4 Å². The SMILES string of the molecule is CC(=O)N1CC[C@H](C)C[C@@H]1C. The van der Waals surface area contributed by atoms with Crippen LogP contribution in [0.15, 0.2) is 0 Å². The number of likely N-dealkylation sites (tertiary alicyclic amines) is 1. The van der Waals surface area contributed by atoms with E-state index in [4.69, 9.17) is 0 Å². The van der Waals surface area contributed by atoms with E-state index in [1.807, 2.05) is 4.90 Å². The second-order valence-electron chi connectivity index (χ2n) is 3.69. The van der Waals surface area contributed by atoms with Crippen molar-refractivity contribution in [2.75, 3.05) is 6.54 Å². The number of amides is 1. The van der Waals surface area contributed by atoms with E-state index in [-0.39, 0.29) is 5.91 Å². The monoisotopic (exact) mass is 155 g/mol. The first-order valence-electron chi connectivity index (χ1n) is 4.38. The highest BCUT2D eigenvalue weighted by molar-refractivity contribution is 5.73. The van der Waals surface area contributed by atoms with E-state index in [9.17, 15) is 4.79 Å². The molecule has 0 spiro atoms. The Morgan fingerprint density at radius 3 is 2.55 bits per heavy atom. The highest BCUT2D eigenvalue weighted by Gasteiger charge is 2.23. The first-order chi connectivity index (χ1) is 5.11. The normalized spacial score (nSPS) is 32.1. The van der Waals surface area contributed by atoms with Gasteiger partial charge < -0.3 is 4.90 Å². The molecule has 11 heavy (non-hydrogen) atoms. The van der Waals surface area contributed by atoms with E-state index >= 15 is 0 Å². The Balaban J connectivity index is 2.50. The molecule has 0 aromatic carbocycles. The molecule has 2 nitrogen and oxygen atoms in total. The summed E-state index contributed by atoms with van der Waals surface area (Å²) in [6.07, 6.45) is 2.34. The van der Waals surface area contributed by atoms with Gasteiger partial charge in [0, 0.05) is 19.5 Å². The molecule has 0 N–H and O–H groups in total. The van der Waals surface area contributed by atoms with Crippen molar-refractivity contribution >= 4 is 5.91 Å². The molecule has 0 saturated carbocycles. The minimum Gasteiger partial charge on any atom is -0.340 e. The summed E-state index contributed by atoms with van der Waals surface area (Å²) >= 11 is 0. The summed E-state index contributed by atoms with van der Waals surface area (Å²) in [6, 6.07) is 0.455. The van der Waals surface area contributed by atoms with E-state index in [1.54, 1.807) is 6.92 Å². The maximum Gasteiger partial charge on any atom is 0.219 e. The molecule has 1 rings (SSSR count). The van der Waals surface area contributed by atoms with Gasteiger partial charge in [0.1, 0.15) is 0 Å². The average molecular weight is 155 g/mol. The second kappa shape index (κ2) is 3.24. The van der Waals surface area contributed by atoms with Crippen molar-refractivity contribution in [2.45, 2.75) is 39.7 Å². The second-order valence-corrected chi connectivity index (χ2v) is 3.69. The van der Waals surface area contributed by atoms with Crippen LogP contribution >= 0.6 is 0 Å². The van der Waals surface area contributed by atoms with Crippen LogP contribution in [-0.2, 0) is 4.79 Å². The predicted octanol–water partition coefficient (Wildman–Crippen LogP) is 1.65. The molecule has 1 amide bonds. The minimum absolute atomic E-state index is 0.226. The molecule has 1 aliphatic rings. The van der Waals surface area contributed by atoms with Crippen LogP contribution in [0.3, 0.4) is 0 Å². The van der Waals surface area contributed by atoms with Crippen molar-refractivity contribution < 1.29 is 4.79 Å². The lowest BCUT2D eigenvalue weighted by molar-refractivity contribution is -0.132. The van der Waals surface area contributed by atoms with Crippen LogP contribution in [0, 0.1) is 5.92 Å². The van der Waals surface area contributed by atoms with Crippen molar-refractivity contribution in [1.82, 2.24) is 4.90 Å². The van der Waals surface area contributed by atoms with Gasteiger partial charge in [-0.3, -0.25) is 4.79 Å². The van der Waals surface area contributed by atoms with E-state index in [0.717, 1.165) is 12.5 Å². The Labute approximate surface area is 68.6 Å². The molecule has 1 saturated heterocycles. The summed E-state index contributed by atoms with van der Waals surface area (Å²) in [7, 11) is 0. The van der Waals surface area contributed by atoms with Crippen LogP contribution < -0.4 is 0 Å². The minimum atomic E-state index is 0.226. The van der Waals surface area contributed by atoms with Gasteiger partial charge in [-0.1, -0.05) is 6.92 Å². The predicted molar refractivity (Wildman–Crippen MR) is 45.2 cm³/mol. The average Bonchev–Trinajstić information content (AvgIpc) is 1.85. The lowest BCUT2D eigenvalue weighted by atomic mass is 9.93. The third-order valence-corrected chi connectivity index (χ3v) is 2.54. The van der Waals surface area contributed by atoms with Crippen molar-refractivity contribution in [2.24, 2.45) is 5.92 Å². The van der Waals surface area contributed by atoms with Crippen LogP contribution in [0.5, 0.6) is 0 Å². The lowest BCUT2D eigenvalue weighted by Crippen LogP contribution is -2.42. The molecule has 64 valence electrons. The fourth-order valence-electron chi connectivity index (χ4n) is 1.88. The number of carbonyl (C=O) groups is 1. The molecular weight excluding hydrogens is 138 g/mol. The summed E-state index contributed by atoms with van der Waals surface area (Å²) in [5, 5.41) is 0. The molecule has 0 bridgehead atoms. The van der Waals surface area contributed by atoms with Gasteiger partial charge in [-0.05, 0) is 25.7 Å². The van der Waals surface area contributed by atoms with Crippen molar-refractivity contribution in [3.8, 4) is 0 Å². The summed E-state index contributed by atoms with van der Waals surface area (Å²) in [4.78, 5) is 13.0. The van der Waals surface area contributed by atoms with Crippen molar-refractivity contribution in [1.29, 1.82) is 0 Å². The number of piperidine rings is 1. The number of hydrogen-bond donors (Lipinski definition) is 0. The fraction of sp³-hybridized carbons (Fsp3) is 0.889. The summed E-state index contributed by atoms with van der Waals surface area (Å²) in [5.74, 6) is 1.02. The zero-order valence-electron chi connectivity index (χ0n) is 7.63. The standard InChI is InChI=1S/C9H17NO/c1-7-4-5-10(9(3)11)8(2)6-7/h7-8H,4-6H2,1-3H3/t7-,8-/m0/s1. The van der Waals surface area contributed by atoms with Crippen LogP contribution in [0.1, 0.15) is 33.6 Å². The Morgan fingerprint density at radius 2 is 2.09 bits per heavy atom. The number of rotatable bonds is 0. The van der Waals surface area contributed by atoms with E-state index < -0.39 is 0 Å². The molecule has 0 aromatic heterocycles.